The Hall–Kier alpha value is -3.09. The first-order chi connectivity index (χ1) is 16.1. The van der Waals surface area contributed by atoms with Crippen molar-refractivity contribution in [3.05, 3.63) is 60.1 Å². The molecule has 33 heavy (non-hydrogen) atoms. The molecule has 3 atom stereocenters. The Labute approximate surface area is 194 Å². The Balaban J connectivity index is 1.24. The number of benzene rings is 1. The third kappa shape index (κ3) is 4.41. The van der Waals surface area contributed by atoms with Crippen molar-refractivity contribution in [1.29, 1.82) is 0 Å². The third-order valence-electron chi connectivity index (χ3n) is 7.54. The van der Waals surface area contributed by atoms with Crippen LogP contribution in [0.25, 0.3) is 0 Å². The molecule has 2 aliphatic heterocycles. The normalized spacial score (nSPS) is 25.5. The molecule has 2 aromatic rings. The van der Waals surface area contributed by atoms with Gasteiger partial charge < -0.3 is 19.5 Å². The second kappa shape index (κ2) is 9.41. The van der Waals surface area contributed by atoms with Crippen molar-refractivity contribution in [2.45, 2.75) is 63.1 Å². The van der Waals surface area contributed by atoms with Gasteiger partial charge >= 0.3 is 0 Å². The number of carbonyl (C=O) groups is 3. The molecule has 3 heterocycles. The van der Waals surface area contributed by atoms with E-state index in [2.05, 4.69) is 5.32 Å². The number of hydrogen-bond acceptors (Lipinski definition) is 4. The summed E-state index contributed by atoms with van der Waals surface area (Å²) >= 11 is 0. The predicted octanol–water partition coefficient (Wildman–Crippen LogP) is 3.47. The van der Waals surface area contributed by atoms with Crippen molar-refractivity contribution >= 4 is 17.7 Å². The summed E-state index contributed by atoms with van der Waals surface area (Å²) in [6, 6.07) is 10.7. The molecule has 0 radical (unpaired) electrons. The maximum atomic E-state index is 13.4. The number of amides is 3. The van der Waals surface area contributed by atoms with Gasteiger partial charge in [-0.1, -0.05) is 31.0 Å². The number of rotatable bonds is 4. The molecule has 2 saturated heterocycles. The Bertz CT molecular complexity index is 982. The first kappa shape index (κ1) is 21.7. The molecule has 3 unspecified atom stereocenters. The lowest BCUT2D eigenvalue weighted by molar-refractivity contribution is -0.126. The van der Waals surface area contributed by atoms with Crippen LogP contribution >= 0.6 is 0 Å². The molecule has 7 heteroatoms. The van der Waals surface area contributed by atoms with Crippen LogP contribution in [0.3, 0.4) is 0 Å². The van der Waals surface area contributed by atoms with Gasteiger partial charge in [0.1, 0.15) is 12.3 Å². The zero-order valence-corrected chi connectivity index (χ0v) is 18.8. The zero-order chi connectivity index (χ0) is 22.8. The number of furan rings is 1. The highest BCUT2D eigenvalue weighted by atomic mass is 16.3. The number of hydrogen-bond donors (Lipinski definition) is 1. The minimum Gasteiger partial charge on any atom is -0.472 e. The van der Waals surface area contributed by atoms with E-state index in [4.69, 9.17) is 4.42 Å². The van der Waals surface area contributed by atoms with Crippen LogP contribution < -0.4 is 5.32 Å². The van der Waals surface area contributed by atoms with Gasteiger partial charge in [0.05, 0.1) is 11.8 Å². The average molecular weight is 450 g/mol. The van der Waals surface area contributed by atoms with Crippen molar-refractivity contribution in [1.82, 2.24) is 15.1 Å². The number of likely N-dealkylation sites (tertiary alicyclic amines) is 2. The van der Waals surface area contributed by atoms with Gasteiger partial charge in [0.15, 0.2) is 0 Å². The molecule has 3 aliphatic rings. The van der Waals surface area contributed by atoms with Crippen LogP contribution in [0.2, 0.25) is 0 Å². The van der Waals surface area contributed by atoms with Gasteiger partial charge in [-0.2, -0.15) is 0 Å². The first-order valence-corrected chi connectivity index (χ1v) is 12.1. The lowest BCUT2D eigenvalue weighted by Crippen LogP contribution is -2.53. The van der Waals surface area contributed by atoms with Crippen LogP contribution in [0.1, 0.15) is 65.7 Å². The van der Waals surface area contributed by atoms with Crippen LogP contribution in [-0.4, -0.2) is 58.7 Å². The molecule has 7 nitrogen and oxygen atoms in total. The molecular weight excluding hydrogens is 418 g/mol. The van der Waals surface area contributed by atoms with Gasteiger partial charge in [0.2, 0.25) is 5.91 Å². The molecule has 1 saturated carbocycles. The van der Waals surface area contributed by atoms with E-state index in [-0.39, 0.29) is 29.8 Å². The van der Waals surface area contributed by atoms with Gasteiger partial charge in [-0.3, -0.25) is 14.4 Å². The van der Waals surface area contributed by atoms with E-state index in [1.54, 1.807) is 6.07 Å². The molecular formula is C26H31N3O4. The number of nitrogens with one attached hydrogen (secondary N) is 1. The molecule has 0 spiro atoms. The van der Waals surface area contributed by atoms with Crippen molar-refractivity contribution in [2.75, 3.05) is 13.1 Å². The van der Waals surface area contributed by atoms with E-state index in [0.29, 0.717) is 43.0 Å². The highest BCUT2D eigenvalue weighted by Crippen LogP contribution is 2.40. The fraction of sp³-hybridized carbons (Fsp3) is 0.500. The average Bonchev–Trinajstić information content (AvgIpc) is 3.53. The summed E-state index contributed by atoms with van der Waals surface area (Å²) in [6.45, 7) is 1.19. The SMILES string of the molecule is O=C(NC1CCN(C(=O)c2ccoc2)CC1)C1CC2CCCCC2N1C(=O)c1ccccc1. The van der Waals surface area contributed by atoms with Crippen molar-refractivity contribution < 1.29 is 18.8 Å². The minimum absolute atomic E-state index is 0.0159. The Morgan fingerprint density at radius 1 is 0.879 bits per heavy atom. The van der Waals surface area contributed by atoms with E-state index >= 15 is 0 Å². The van der Waals surface area contributed by atoms with Crippen LogP contribution in [0.5, 0.6) is 0 Å². The zero-order valence-electron chi connectivity index (χ0n) is 18.8. The van der Waals surface area contributed by atoms with Gasteiger partial charge in [0.25, 0.3) is 11.8 Å². The highest BCUT2D eigenvalue weighted by Gasteiger charge is 2.47. The molecule has 3 fully saturated rings. The van der Waals surface area contributed by atoms with Crippen LogP contribution in [-0.2, 0) is 4.79 Å². The number of fused-ring (bicyclic) bond motifs is 1. The molecule has 1 aromatic carbocycles. The van der Waals surface area contributed by atoms with Crippen LogP contribution in [0.15, 0.2) is 53.3 Å². The summed E-state index contributed by atoms with van der Waals surface area (Å²) in [5.74, 6) is 0.281. The van der Waals surface area contributed by atoms with Crippen molar-refractivity contribution in [2.24, 2.45) is 5.92 Å². The maximum Gasteiger partial charge on any atom is 0.257 e. The first-order valence-electron chi connectivity index (χ1n) is 12.1. The fourth-order valence-corrected chi connectivity index (χ4v) is 5.81. The second-order valence-electron chi connectivity index (χ2n) is 9.53. The van der Waals surface area contributed by atoms with Crippen molar-refractivity contribution in [3.8, 4) is 0 Å². The molecule has 3 amide bonds. The largest absolute Gasteiger partial charge is 0.472 e. The van der Waals surface area contributed by atoms with E-state index < -0.39 is 6.04 Å². The summed E-state index contributed by atoms with van der Waals surface area (Å²) in [5, 5.41) is 3.21. The lowest BCUT2D eigenvalue weighted by atomic mass is 9.84. The van der Waals surface area contributed by atoms with Crippen LogP contribution in [0.4, 0.5) is 0 Å². The highest BCUT2D eigenvalue weighted by molar-refractivity contribution is 5.98. The standard InChI is InChI=1S/C26H31N3O4/c30-24(27-21-10-13-28(14-11-21)25(31)20-12-15-33-17-20)23-16-19-8-4-5-9-22(19)29(23)26(32)18-6-2-1-3-7-18/h1-3,6-7,12,15,17,19,21-23H,4-5,8-11,13-14,16H2,(H,27,30). The van der Waals surface area contributed by atoms with Crippen molar-refractivity contribution in [3.63, 3.8) is 0 Å². The topological polar surface area (TPSA) is 82.9 Å². The molecule has 174 valence electrons. The van der Waals surface area contributed by atoms with E-state index in [9.17, 15) is 14.4 Å². The summed E-state index contributed by atoms with van der Waals surface area (Å²) in [6.07, 6.45) is 9.47. The monoisotopic (exact) mass is 449 g/mol. The summed E-state index contributed by atoms with van der Waals surface area (Å²) < 4.78 is 5.02. The number of nitrogens with zero attached hydrogens (tertiary/aromatic N) is 2. The molecule has 0 bridgehead atoms. The smallest absolute Gasteiger partial charge is 0.257 e. The predicted molar refractivity (Wildman–Crippen MR) is 123 cm³/mol. The Kier molecular flexibility index (Phi) is 6.20. The lowest BCUT2D eigenvalue weighted by Gasteiger charge is -2.35. The van der Waals surface area contributed by atoms with Gasteiger partial charge in [-0.15, -0.1) is 0 Å². The summed E-state index contributed by atoms with van der Waals surface area (Å²) in [7, 11) is 0. The van der Waals surface area contributed by atoms with E-state index in [0.717, 1.165) is 25.7 Å². The second-order valence-corrected chi connectivity index (χ2v) is 9.53. The summed E-state index contributed by atoms with van der Waals surface area (Å²) in [5.41, 5.74) is 1.20. The van der Waals surface area contributed by atoms with Crippen LogP contribution in [0, 0.1) is 5.92 Å². The Morgan fingerprint density at radius 3 is 2.36 bits per heavy atom. The fourth-order valence-electron chi connectivity index (χ4n) is 5.81. The molecule has 1 N–H and O–H groups in total. The third-order valence-corrected chi connectivity index (χ3v) is 7.54. The van der Waals surface area contributed by atoms with Gasteiger partial charge in [-0.05, 0) is 56.2 Å². The molecule has 1 aliphatic carbocycles. The maximum absolute atomic E-state index is 13.4. The number of piperidine rings is 1. The quantitative estimate of drug-likeness (QED) is 0.775. The molecule has 1 aromatic heterocycles. The number of carbonyl (C=O) groups excluding carboxylic acids is 3. The van der Waals surface area contributed by atoms with E-state index in [1.807, 2.05) is 40.1 Å². The van der Waals surface area contributed by atoms with E-state index in [1.165, 1.54) is 18.9 Å². The summed E-state index contributed by atoms with van der Waals surface area (Å²) in [4.78, 5) is 43.1. The Morgan fingerprint density at radius 2 is 1.64 bits per heavy atom. The van der Waals surface area contributed by atoms with Gasteiger partial charge in [0, 0.05) is 30.7 Å². The van der Waals surface area contributed by atoms with Gasteiger partial charge in [-0.25, -0.2) is 0 Å². The molecule has 5 rings (SSSR count). The minimum atomic E-state index is -0.420.